The second kappa shape index (κ2) is 9.38. The molecule has 3 amide bonds. The second-order valence-electron chi connectivity index (χ2n) is 6.79. The number of amides is 3. The highest BCUT2D eigenvalue weighted by Crippen LogP contribution is 2.36. The van der Waals surface area contributed by atoms with Crippen molar-refractivity contribution < 1.29 is 32.0 Å². The average Bonchev–Trinajstić information content (AvgIpc) is 3.24. The molecule has 166 valence electrons. The van der Waals surface area contributed by atoms with Crippen LogP contribution in [0.3, 0.4) is 0 Å². The molecule has 0 radical (unpaired) electrons. The van der Waals surface area contributed by atoms with Gasteiger partial charge in [0, 0.05) is 18.3 Å². The highest BCUT2D eigenvalue weighted by molar-refractivity contribution is 6.02. The molecule has 0 aliphatic rings. The molecule has 1 aromatic heterocycles. The fourth-order valence-corrected chi connectivity index (χ4v) is 2.85. The quantitative estimate of drug-likeness (QED) is 0.512. The lowest BCUT2D eigenvalue weighted by molar-refractivity contribution is -0.137. The van der Waals surface area contributed by atoms with Crippen molar-refractivity contribution in [3.63, 3.8) is 0 Å². The summed E-state index contributed by atoms with van der Waals surface area (Å²) in [7, 11) is 0. The van der Waals surface area contributed by atoms with Gasteiger partial charge in [-0.05, 0) is 48.0 Å². The monoisotopic (exact) mass is 445 g/mol. The predicted octanol–water partition coefficient (Wildman–Crippen LogP) is 4.69. The molecular weight excluding hydrogens is 427 g/mol. The van der Waals surface area contributed by atoms with Crippen LogP contribution in [0.1, 0.15) is 28.6 Å². The summed E-state index contributed by atoms with van der Waals surface area (Å²) in [5.41, 5.74) is -0.566. The fourth-order valence-electron chi connectivity index (χ4n) is 2.85. The van der Waals surface area contributed by atoms with Crippen molar-refractivity contribution in [2.24, 2.45) is 0 Å². The zero-order chi connectivity index (χ0) is 23.3. The number of nitrogens with one attached hydrogen (secondary N) is 3. The Morgan fingerprint density at radius 1 is 0.906 bits per heavy atom. The van der Waals surface area contributed by atoms with Gasteiger partial charge in [0.15, 0.2) is 5.76 Å². The number of carbonyl (C=O) groups is 3. The van der Waals surface area contributed by atoms with Crippen LogP contribution in [0.15, 0.2) is 65.3 Å². The standard InChI is InChI=1S/C22H18F3N3O4/c1-13(29)26-15-6-4-14(5-7-15)11-20(30)28-18-9-8-16(12-17(18)22(23,24)25)27-21(31)19-3-2-10-32-19/h2-10,12H,11H2,1H3,(H,26,29)(H,27,31)(H,28,30). The first-order chi connectivity index (χ1) is 15.1. The molecule has 10 heteroatoms. The van der Waals surface area contributed by atoms with Crippen molar-refractivity contribution in [1.29, 1.82) is 0 Å². The third-order valence-electron chi connectivity index (χ3n) is 4.24. The van der Waals surface area contributed by atoms with Crippen LogP contribution in [0.4, 0.5) is 30.2 Å². The molecule has 3 N–H and O–H groups in total. The Balaban J connectivity index is 1.72. The lowest BCUT2D eigenvalue weighted by Crippen LogP contribution is -2.19. The van der Waals surface area contributed by atoms with E-state index in [2.05, 4.69) is 16.0 Å². The second-order valence-corrected chi connectivity index (χ2v) is 6.79. The third kappa shape index (κ3) is 5.97. The summed E-state index contributed by atoms with van der Waals surface area (Å²) in [6, 6.07) is 12.2. The predicted molar refractivity (Wildman–Crippen MR) is 111 cm³/mol. The van der Waals surface area contributed by atoms with E-state index in [0.29, 0.717) is 11.3 Å². The molecule has 0 saturated heterocycles. The van der Waals surface area contributed by atoms with Gasteiger partial charge in [-0.25, -0.2) is 0 Å². The molecule has 0 aliphatic heterocycles. The van der Waals surface area contributed by atoms with Crippen molar-refractivity contribution in [2.45, 2.75) is 19.5 Å². The van der Waals surface area contributed by atoms with Crippen molar-refractivity contribution in [3.05, 3.63) is 77.7 Å². The summed E-state index contributed by atoms with van der Waals surface area (Å²) in [6.45, 7) is 1.35. The first-order valence-electron chi connectivity index (χ1n) is 9.34. The maximum absolute atomic E-state index is 13.5. The minimum atomic E-state index is -4.77. The lowest BCUT2D eigenvalue weighted by atomic mass is 10.1. The van der Waals surface area contributed by atoms with Crippen LogP contribution >= 0.6 is 0 Å². The molecule has 3 rings (SSSR count). The molecule has 2 aromatic carbocycles. The summed E-state index contributed by atoms with van der Waals surface area (Å²) in [5.74, 6) is -1.67. The van der Waals surface area contributed by atoms with E-state index in [1.807, 2.05) is 0 Å². The summed E-state index contributed by atoms with van der Waals surface area (Å²) in [6.07, 6.45) is -3.68. The number of furan rings is 1. The van der Waals surface area contributed by atoms with Crippen LogP contribution in [0.2, 0.25) is 0 Å². The summed E-state index contributed by atoms with van der Waals surface area (Å²) >= 11 is 0. The molecule has 0 fully saturated rings. The minimum absolute atomic E-state index is 0.0551. The van der Waals surface area contributed by atoms with Crippen LogP contribution < -0.4 is 16.0 Å². The number of hydrogen-bond acceptors (Lipinski definition) is 4. The first kappa shape index (κ1) is 22.6. The van der Waals surface area contributed by atoms with Gasteiger partial charge >= 0.3 is 6.18 Å². The third-order valence-corrected chi connectivity index (χ3v) is 4.24. The molecule has 0 aliphatic carbocycles. The molecule has 0 atom stereocenters. The highest BCUT2D eigenvalue weighted by atomic mass is 19.4. The van der Waals surface area contributed by atoms with Gasteiger partial charge in [-0.15, -0.1) is 0 Å². The normalized spacial score (nSPS) is 11.0. The van der Waals surface area contributed by atoms with Gasteiger partial charge in [0.25, 0.3) is 5.91 Å². The van der Waals surface area contributed by atoms with Crippen molar-refractivity contribution in [3.8, 4) is 0 Å². The van der Waals surface area contributed by atoms with Gasteiger partial charge in [0.1, 0.15) is 0 Å². The van der Waals surface area contributed by atoms with E-state index < -0.39 is 29.2 Å². The molecule has 0 bridgehead atoms. The molecule has 1 heterocycles. The van der Waals surface area contributed by atoms with Crippen LogP contribution in [0.5, 0.6) is 0 Å². The van der Waals surface area contributed by atoms with E-state index in [-0.39, 0.29) is 23.8 Å². The van der Waals surface area contributed by atoms with E-state index in [9.17, 15) is 27.6 Å². The summed E-state index contributed by atoms with van der Waals surface area (Å²) in [5, 5.41) is 7.16. The van der Waals surface area contributed by atoms with Gasteiger partial charge < -0.3 is 20.4 Å². The van der Waals surface area contributed by atoms with Crippen LogP contribution in [-0.2, 0) is 22.2 Å². The zero-order valence-electron chi connectivity index (χ0n) is 16.7. The van der Waals surface area contributed by atoms with Gasteiger partial charge in [0.05, 0.1) is 23.9 Å². The topological polar surface area (TPSA) is 100 Å². The number of benzene rings is 2. The van der Waals surface area contributed by atoms with Crippen molar-refractivity contribution in [2.75, 3.05) is 16.0 Å². The maximum atomic E-state index is 13.5. The summed E-state index contributed by atoms with van der Waals surface area (Å²) in [4.78, 5) is 35.4. The fraction of sp³-hybridized carbons (Fsp3) is 0.136. The number of halogens is 3. The molecule has 32 heavy (non-hydrogen) atoms. The molecule has 0 unspecified atom stereocenters. The minimum Gasteiger partial charge on any atom is -0.459 e. The largest absolute Gasteiger partial charge is 0.459 e. The van der Waals surface area contributed by atoms with Crippen molar-refractivity contribution in [1.82, 2.24) is 0 Å². The van der Waals surface area contributed by atoms with E-state index >= 15 is 0 Å². The zero-order valence-corrected chi connectivity index (χ0v) is 16.7. The Hall–Kier alpha value is -4.08. The van der Waals surface area contributed by atoms with Crippen molar-refractivity contribution >= 4 is 34.8 Å². The Morgan fingerprint density at radius 2 is 1.59 bits per heavy atom. The van der Waals surface area contributed by atoms with Gasteiger partial charge in [0.2, 0.25) is 11.8 Å². The number of carbonyl (C=O) groups excluding carboxylic acids is 3. The Labute approximate surface area is 180 Å². The van der Waals surface area contributed by atoms with E-state index in [1.165, 1.54) is 31.4 Å². The van der Waals surface area contributed by atoms with Gasteiger partial charge in [-0.1, -0.05) is 12.1 Å². The average molecular weight is 445 g/mol. The Bertz CT molecular complexity index is 1120. The molecule has 7 nitrogen and oxygen atoms in total. The smallest absolute Gasteiger partial charge is 0.418 e. The number of alkyl halides is 3. The molecular formula is C22H18F3N3O4. The Kier molecular flexibility index (Phi) is 6.62. The van der Waals surface area contributed by atoms with Crippen LogP contribution in [-0.4, -0.2) is 17.7 Å². The number of rotatable bonds is 6. The molecule has 0 spiro atoms. The lowest BCUT2D eigenvalue weighted by Gasteiger charge is -2.16. The maximum Gasteiger partial charge on any atom is 0.418 e. The highest BCUT2D eigenvalue weighted by Gasteiger charge is 2.34. The Morgan fingerprint density at radius 3 is 2.19 bits per heavy atom. The molecule has 3 aromatic rings. The number of anilines is 3. The molecule has 0 saturated carbocycles. The van der Waals surface area contributed by atoms with E-state index in [0.717, 1.165) is 12.1 Å². The summed E-state index contributed by atoms with van der Waals surface area (Å²) < 4.78 is 45.6. The first-order valence-corrected chi connectivity index (χ1v) is 9.34. The van der Waals surface area contributed by atoms with Gasteiger partial charge in [-0.3, -0.25) is 14.4 Å². The van der Waals surface area contributed by atoms with Crippen LogP contribution in [0.25, 0.3) is 0 Å². The van der Waals surface area contributed by atoms with Gasteiger partial charge in [-0.2, -0.15) is 13.2 Å². The van der Waals surface area contributed by atoms with E-state index in [1.54, 1.807) is 24.3 Å². The van der Waals surface area contributed by atoms with Crippen LogP contribution in [0, 0.1) is 0 Å². The number of hydrogen-bond donors (Lipinski definition) is 3. The SMILES string of the molecule is CC(=O)Nc1ccc(CC(=O)Nc2ccc(NC(=O)c3ccco3)cc2C(F)(F)F)cc1. The van der Waals surface area contributed by atoms with E-state index in [4.69, 9.17) is 4.42 Å².